The Hall–Kier alpha value is -3.65. The molecule has 0 radical (unpaired) electrons. The maximum atomic E-state index is 12.8. The van der Waals surface area contributed by atoms with Crippen LogP contribution >= 0.6 is 0 Å². The molecule has 166 valence electrons. The number of hydrogen-bond acceptors (Lipinski definition) is 7. The van der Waals surface area contributed by atoms with E-state index in [4.69, 9.17) is 9.47 Å². The number of carbonyl (C=O) groups is 1. The van der Waals surface area contributed by atoms with Crippen LogP contribution in [0.4, 0.5) is 11.6 Å². The lowest BCUT2D eigenvalue weighted by Gasteiger charge is -2.35. The third-order valence-corrected chi connectivity index (χ3v) is 5.49. The van der Waals surface area contributed by atoms with E-state index in [2.05, 4.69) is 49.4 Å². The highest BCUT2D eigenvalue weighted by atomic mass is 16.5. The van der Waals surface area contributed by atoms with Crippen LogP contribution in [-0.4, -0.2) is 61.2 Å². The number of hydrogen-bond donors (Lipinski definition) is 1. The topological polar surface area (TPSA) is 79.8 Å². The van der Waals surface area contributed by atoms with Crippen LogP contribution in [0.2, 0.25) is 0 Å². The molecule has 0 unspecified atom stereocenters. The van der Waals surface area contributed by atoms with E-state index in [0.717, 1.165) is 38.5 Å². The van der Waals surface area contributed by atoms with Crippen molar-refractivity contribution in [2.45, 2.75) is 6.54 Å². The smallest absolute Gasteiger partial charge is 0.260 e. The number of nitrogens with one attached hydrogen (secondary N) is 1. The zero-order chi connectivity index (χ0) is 22.3. The van der Waals surface area contributed by atoms with Gasteiger partial charge in [-0.3, -0.25) is 9.69 Å². The molecule has 0 atom stereocenters. The average Bonchev–Trinajstić information content (AvgIpc) is 2.84. The van der Waals surface area contributed by atoms with Crippen molar-refractivity contribution in [2.24, 2.45) is 0 Å². The molecule has 0 bridgehead atoms. The monoisotopic (exact) mass is 433 g/mol. The highest BCUT2D eigenvalue weighted by Gasteiger charge is 2.20. The number of anilines is 2. The zero-order valence-electron chi connectivity index (χ0n) is 18.3. The first-order valence-electron chi connectivity index (χ1n) is 10.5. The van der Waals surface area contributed by atoms with Crippen molar-refractivity contribution >= 4 is 17.5 Å². The van der Waals surface area contributed by atoms with E-state index < -0.39 is 0 Å². The minimum absolute atomic E-state index is 0.321. The Bertz CT molecular complexity index is 1050. The first-order chi connectivity index (χ1) is 15.7. The number of amides is 1. The summed E-state index contributed by atoms with van der Waals surface area (Å²) < 4.78 is 10.6. The van der Waals surface area contributed by atoms with E-state index in [1.54, 1.807) is 24.3 Å². The molecule has 8 nitrogen and oxygen atoms in total. The predicted octanol–water partition coefficient (Wildman–Crippen LogP) is 3.07. The number of benzene rings is 2. The summed E-state index contributed by atoms with van der Waals surface area (Å²) in [5.74, 6) is 1.80. The SMILES string of the molecule is COc1cccc(C(=O)Nc2cc(N3CCN(Cc4ccccc4)CC3)ncn2)c1OC. The van der Waals surface area contributed by atoms with Crippen molar-refractivity contribution in [3.8, 4) is 11.5 Å². The Labute approximate surface area is 187 Å². The first-order valence-corrected chi connectivity index (χ1v) is 10.5. The van der Waals surface area contributed by atoms with Gasteiger partial charge in [-0.2, -0.15) is 0 Å². The molecule has 2 aromatic carbocycles. The largest absolute Gasteiger partial charge is 0.493 e. The van der Waals surface area contributed by atoms with Crippen molar-refractivity contribution < 1.29 is 14.3 Å². The highest BCUT2D eigenvalue weighted by molar-refractivity contribution is 6.06. The third kappa shape index (κ3) is 4.97. The molecule has 0 spiro atoms. The van der Waals surface area contributed by atoms with Crippen molar-refractivity contribution in [1.29, 1.82) is 0 Å². The van der Waals surface area contributed by atoms with Crippen LogP contribution in [0.1, 0.15) is 15.9 Å². The molecule has 3 aromatic rings. The molecule has 1 amide bonds. The number of piperazine rings is 1. The lowest BCUT2D eigenvalue weighted by molar-refractivity contribution is 0.102. The second-order valence-corrected chi connectivity index (χ2v) is 7.51. The van der Waals surface area contributed by atoms with Crippen LogP contribution in [-0.2, 0) is 6.54 Å². The van der Waals surface area contributed by atoms with Gasteiger partial charge in [0.2, 0.25) is 0 Å². The van der Waals surface area contributed by atoms with E-state index in [-0.39, 0.29) is 5.91 Å². The fraction of sp³-hybridized carbons (Fsp3) is 0.292. The minimum atomic E-state index is -0.321. The molecular formula is C24H27N5O3. The Morgan fingerprint density at radius 2 is 1.75 bits per heavy atom. The molecule has 0 saturated carbocycles. The van der Waals surface area contributed by atoms with Gasteiger partial charge in [0.05, 0.1) is 19.8 Å². The molecule has 1 fully saturated rings. The summed E-state index contributed by atoms with van der Waals surface area (Å²) in [7, 11) is 3.05. The molecule has 32 heavy (non-hydrogen) atoms. The van der Waals surface area contributed by atoms with Gasteiger partial charge in [-0.15, -0.1) is 0 Å². The maximum Gasteiger partial charge on any atom is 0.260 e. The molecular weight excluding hydrogens is 406 g/mol. The molecule has 2 heterocycles. The molecule has 1 saturated heterocycles. The summed E-state index contributed by atoms with van der Waals surface area (Å²) >= 11 is 0. The number of para-hydroxylation sites is 1. The van der Waals surface area contributed by atoms with Crippen LogP contribution in [0.25, 0.3) is 0 Å². The molecule has 0 aliphatic carbocycles. The molecule has 8 heteroatoms. The quantitative estimate of drug-likeness (QED) is 0.613. The van der Waals surface area contributed by atoms with E-state index in [1.165, 1.54) is 26.1 Å². The number of ether oxygens (including phenoxy) is 2. The summed E-state index contributed by atoms with van der Waals surface area (Å²) in [6.45, 7) is 4.56. The van der Waals surface area contributed by atoms with Crippen molar-refractivity contribution in [1.82, 2.24) is 14.9 Å². The molecule has 1 N–H and O–H groups in total. The Morgan fingerprint density at radius 1 is 0.969 bits per heavy atom. The molecule has 4 rings (SSSR count). The average molecular weight is 434 g/mol. The predicted molar refractivity (Wildman–Crippen MR) is 123 cm³/mol. The summed E-state index contributed by atoms with van der Waals surface area (Å²) in [5.41, 5.74) is 1.70. The normalized spacial score (nSPS) is 14.1. The van der Waals surface area contributed by atoms with Gasteiger partial charge in [-0.05, 0) is 17.7 Å². The second kappa shape index (κ2) is 10.1. The summed E-state index contributed by atoms with van der Waals surface area (Å²) in [6.07, 6.45) is 1.48. The van der Waals surface area contributed by atoms with Crippen molar-refractivity contribution in [3.63, 3.8) is 0 Å². The van der Waals surface area contributed by atoms with Gasteiger partial charge >= 0.3 is 0 Å². The van der Waals surface area contributed by atoms with Gasteiger partial charge in [0, 0.05) is 38.8 Å². The van der Waals surface area contributed by atoms with Gasteiger partial charge in [0.25, 0.3) is 5.91 Å². The van der Waals surface area contributed by atoms with Crippen LogP contribution in [0.3, 0.4) is 0 Å². The van der Waals surface area contributed by atoms with Crippen LogP contribution in [0.5, 0.6) is 11.5 Å². The van der Waals surface area contributed by atoms with Gasteiger partial charge in [-0.1, -0.05) is 36.4 Å². The number of rotatable bonds is 7. The lowest BCUT2D eigenvalue weighted by atomic mass is 10.1. The minimum Gasteiger partial charge on any atom is -0.493 e. The summed E-state index contributed by atoms with van der Waals surface area (Å²) in [4.78, 5) is 26.1. The van der Waals surface area contributed by atoms with Crippen molar-refractivity contribution in [2.75, 3.05) is 50.6 Å². The third-order valence-electron chi connectivity index (χ3n) is 5.49. The number of methoxy groups -OCH3 is 2. The van der Waals surface area contributed by atoms with Gasteiger partial charge in [0.1, 0.15) is 18.0 Å². The standard InChI is InChI=1S/C24H27N5O3/c1-31-20-10-6-9-19(23(20)32-2)24(30)27-21-15-22(26-17-25-21)29-13-11-28(12-14-29)16-18-7-4-3-5-8-18/h3-10,15,17H,11-14,16H2,1-2H3,(H,25,26,27,30). The second-order valence-electron chi connectivity index (χ2n) is 7.51. The van der Waals surface area contributed by atoms with Gasteiger partial charge in [-0.25, -0.2) is 9.97 Å². The Morgan fingerprint density at radius 3 is 2.47 bits per heavy atom. The number of aromatic nitrogens is 2. The fourth-order valence-electron chi connectivity index (χ4n) is 3.81. The highest BCUT2D eigenvalue weighted by Crippen LogP contribution is 2.31. The maximum absolute atomic E-state index is 12.8. The van der Waals surface area contributed by atoms with Crippen LogP contribution < -0.4 is 19.7 Å². The van der Waals surface area contributed by atoms with E-state index in [9.17, 15) is 4.79 Å². The van der Waals surface area contributed by atoms with Gasteiger partial charge < -0.3 is 19.7 Å². The number of carbonyl (C=O) groups excluding carboxylic acids is 1. The fourth-order valence-corrected chi connectivity index (χ4v) is 3.81. The zero-order valence-corrected chi connectivity index (χ0v) is 18.3. The molecule has 1 aliphatic heterocycles. The van der Waals surface area contributed by atoms with Crippen LogP contribution in [0, 0.1) is 0 Å². The van der Waals surface area contributed by atoms with Gasteiger partial charge in [0.15, 0.2) is 11.5 Å². The van der Waals surface area contributed by atoms with Crippen molar-refractivity contribution in [3.05, 3.63) is 72.1 Å². The first kappa shape index (κ1) is 21.6. The Kier molecular flexibility index (Phi) is 6.81. The number of nitrogens with zero attached hydrogens (tertiary/aromatic N) is 4. The lowest BCUT2D eigenvalue weighted by Crippen LogP contribution is -2.46. The van der Waals surface area contributed by atoms with Crippen LogP contribution in [0.15, 0.2) is 60.9 Å². The van der Waals surface area contributed by atoms with E-state index in [0.29, 0.717) is 22.9 Å². The van der Waals surface area contributed by atoms with E-state index in [1.807, 2.05) is 6.07 Å². The molecule has 1 aromatic heterocycles. The summed E-state index contributed by atoms with van der Waals surface area (Å²) in [5, 5.41) is 2.84. The molecule has 1 aliphatic rings. The van der Waals surface area contributed by atoms with E-state index >= 15 is 0 Å². The Balaban J connectivity index is 1.40. The summed E-state index contributed by atoms with van der Waals surface area (Å²) in [6, 6.07) is 17.5.